The number of aliphatic hydroxyl groups is 1. The Balaban J connectivity index is 0.000000447. The van der Waals surface area contributed by atoms with Crippen molar-refractivity contribution in [2.24, 2.45) is 5.73 Å². The molecule has 252 valence electrons. The standard InChI is InChI=1S/C18H34N4O2.C15H26ClN3O/c1-24-18-14-16(6-7-17(18)23)15-22-13-5-12-21-10-3-2-9-20-11-4-8-19;1-3-12(9-7-5-6-8-10-20)17-14-11-13(4-2)18-15(16)19-14/h6-7,14,20-23H,2-5,8-13,15,19H2,1H3;11-12,20H,3-10H2,1-2H3,(H,17,18,19). The Kier molecular flexibility index (Phi) is 24.5. The molecule has 2 rings (SSSR count). The zero-order valence-electron chi connectivity index (χ0n) is 27.5. The number of aryl methyl sites for hydroxylation is 1. The average Bonchev–Trinajstić information content (AvgIpc) is 3.03. The molecule has 1 atom stereocenters. The van der Waals surface area contributed by atoms with Crippen LogP contribution in [-0.4, -0.2) is 79.2 Å². The molecule has 0 aliphatic rings. The van der Waals surface area contributed by atoms with Crippen LogP contribution in [0.5, 0.6) is 11.5 Å². The van der Waals surface area contributed by atoms with Gasteiger partial charge in [0.2, 0.25) is 5.28 Å². The predicted molar refractivity (Wildman–Crippen MR) is 184 cm³/mol. The third-order valence-corrected chi connectivity index (χ3v) is 7.38. The molecule has 0 fully saturated rings. The molecule has 11 heteroatoms. The number of benzene rings is 1. The fraction of sp³-hybridized carbons (Fsp3) is 0.697. The number of unbranched alkanes of at least 4 members (excludes halogenated alkanes) is 4. The van der Waals surface area contributed by atoms with Gasteiger partial charge >= 0.3 is 0 Å². The third kappa shape index (κ3) is 19.9. The van der Waals surface area contributed by atoms with Gasteiger partial charge in [0.1, 0.15) is 5.82 Å². The quantitative estimate of drug-likeness (QED) is 0.0585. The number of phenols is 1. The van der Waals surface area contributed by atoms with Crippen LogP contribution in [0.4, 0.5) is 5.82 Å². The zero-order chi connectivity index (χ0) is 32.3. The Morgan fingerprint density at radius 1 is 0.864 bits per heavy atom. The molecule has 44 heavy (non-hydrogen) atoms. The molecule has 0 saturated heterocycles. The van der Waals surface area contributed by atoms with Gasteiger partial charge < -0.3 is 42.0 Å². The van der Waals surface area contributed by atoms with Crippen molar-refractivity contribution in [2.75, 3.05) is 58.3 Å². The maximum Gasteiger partial charge on any atom is 0.224 e. The first-order valence-corrected chi connectivity index (χ1v) is 16.9. The second kappa shape index (κ2) is 27.1. The fourth-order valence-electron chi connectivity index (χ4n) is 4.54. The number of nitrogens with zero attached hydrogens (tertiary/aromatic N) is 2. The minimum Gasteiger partial charge on any atom is -0.504 e. The summed E-state index contributed by atoms with van der Waals surface area (Å²) in [5.41, 5.74) is 7.51. The molecule has 1 unspecified atom stereocenters. The van der Waals surface area contributed by atoms with E-state index in [9.17, 15) is 5.11 Å². The summed E-state index contributed by atoms with van der Waals surface area (Å²) >= 11 is 5.93. The molecule has 1 aromatic carbocycles. The van der Waals surface area contributed by atoms with Gasteiger partial charge in [-0.2, -0.15) is 0 Å². The number of aromatic nitrogens is 2. The van der Waals surface area contributed by atoms with Crippen molar-refractivity contribution >= 4 is 17.4 Å². The summed E-state index contributed by atoms with van der Waals surface area (Å²) in [6.45, 7) is 11.3. The van der Waals surface area contributed by atoms with Crippen LogP contribution in [0.2, 0.25) is 5.28 Å². The number of rotatable bonds is 25. The van der Waals surface area contributed by atoms with Crippen molar-refractivity contribution in [1.29, 1.82) is 0 Å². The lowest BCUT2D eigenvalue weighted by Gasteiger charge is -2.18. The van der Waals surface area contributed by atoms with Crippen LogP contribution in [0.3, 0.4) is 0 Å². The number of halogens is 1. The fourth-order valence-corrected chi connectivity index (χ4v) is 4.74. The van der Waals surface area contributed by atoms with Crippen LogP contribution in [0, 0.1) is 0 Å². The molecule has 0 bridgehead atoms. The molecule has 2 aromatic rings. The van der Waals surface area contributed by atoms with Crippen LogP contribution in [0.25, 0.3) is 0 Å². The highest BCUT2D eigenvalue weighted by Crippen LogP contribution is 2.26. The largest absolute Gasteiger partial charge is 0.504 e. The molecular weight excluding hydrogens is 578 g/mol. The second-order valence-electron chi connectivity index (χ2n) is 10.9. The SMILES string of the molecule is CCc1cc(NC(CC)CCCCCCO)nc(Cl)n1.COc1cc(CNCCCNCCCCNCCCN)ccc1O. The van der Waals surface area contributed by atoms with Crippen molar-refractivity contribution in [2.45, 2.75) is 97.1 Å². The number of anilines is 1. The van der Waals surface area contributed by atoms with E-state index in [4.69, 9.17) is 27.2 Å². The Morgan fingerprint density at radius 3 is 2.20 bits per heavy atom. The lowest BCUT2D eigenvalue weighted by Crippen LogP contribution is -2.24. The predicted octanol–water partition coefficient (Wildman–Crippen LogP) is 5.01. The first kappa shape index (κ1) is 39.8. The van der Waals surface area contributed by atoms with Crippen LogP contribution < -0.4 is 31.7 Å². The Bertz CT molecular complexity index is 971. The highest BCUT2D eigenvalue weighted by atomic mass is 35.5. The molecule has 1 heterocycles. The molecule has 10 nitrogen and oxygen atoms in total. The van der Waals surface area contributed by atoms with E-state index in [2.05, 4.69) is 45.1 Å². The molecule has 8 N–H and O–H groups in total. The van der Waals surface area contributed by atoms with Crippen LogP contribution in [0.15, 0.2) is 24.3 Å². The van der Waals surface area contributed by atoms with E-state index in [1.54, 1.807) is 13.2 Å². The van der Waals surface area contributed by atoms with Gasteiger partial charge in [-0.1, -0.05) is 39.2 Å². The Labute approximate surface area is 271 Å². The number of aromatic hydroxyl groups is 1. The van der Waals surface area contributed by atoms with Gasteiger partial charge in [0.05, 0.1) is 7.11 Å². The van der Waals surface area contributed by atoms with E-state index in [0.29, 0.717) is 23.7 Å². The van der Waals surface area contributed by atoms with Crippen molar-refractivity contribution in [3.63, 3.8) is 0 Å². The summed E-state index contributed by atoms with van der Waals surface area (Å²) in [6.07, 6.45) is 12.0. The number of hydrogen-bond donors (Lipinski definition) is 7. The van der Waals surface area contributed by atoms with Crippen molar-refractivity contribution in [3.8, 4) is 11.5 Å². The van der Waals surface area contributed by atoms with Gasteiger partial charge in [0.15, 0.2) is 11.5 Å². The van der Waals surface area contributed by atoms with Crippen LogP contribution in [0.1, 0.15) is 89.3 Å². The summed E-state index contributed by atoms with van der Waals surface area (Å²) in [7, 11) is 1.56. The molecule has 0 aliphatic heterocycles. The number of hydrogen-bond acceptors (Lipinski definition) is 10. The highest BCUT2D eigenvalue weighted by molar-refractivity contribution is 6.28. The van der Waals surface area contributed by atoms with Gasteiger partial charge in [0, 0.05) is 31.0 Å². The van der Waals surface area contributed by atoms with Gasteiger partial charge in [-0.15, -0.1) is 0 Å². The van der Waals surface area contributed by atoms with Gasteiger partial charge in [-0.05, 0) is 120 Å². The number of methoxy groups -OCH3 is 1. The van der Waals surface area contributed by atoms with E-state index in [0.717, 1.165) is 108 Å². The smallest absolute Gasteiger partial charge is 0.224 e. The molecule has 1 aromatic heterocycles. The molecule has 0 spiro atoms. The topological polar surface area (TPSA) is 150 Å². The van der Waals surface area contributed by atoms with E-state index in [-0.39, 0.29) is 5.75 Å². The lowest BCUT2D eigenvalue weighted by molar-refractivity contribution is 0.282. The summed E-state index contributed by atoms with van der Waals surface area (Å²) < 4.78 is 5.11. The number of phenolic OH excluding ortho intramolecular Hbond substituents is 1. The third-order valence-electron chi connectivity index (χ3n) is 7.21. The molecule has 0 aliphatic carbocycles. The minimum absolute atomic E-state index is 0.181. The van der Waals surface area contributed by atoms with Crippen molar-refractivity contribution in [1.82, 2.24) is 25.9 Å². The average molecular weight is 638 g/mol. The highest BCUT2D eigenvalue weighted by Gasteiger charge is 2.09. The van der Waals surface area contributed by atoms with E-state index >= 15 is 0 Å². The maximum atomic E-state index is 9.56. The monoisotopic (exact) mass is 637 g/mol. The second-order valence-corrected chi connectivity index (χ2v) is 11.3. The summed E-state index contributed by atoms with van der Waals surface area (Å²) in [5.74, 6) is 1.53. The summed E-state index contributed by atoms with van der Waals surface area (Å²) in [5, 5.41) is 32.3. The number of nitrogens with two attached hydrogens (primary N) is 1. The van der Waals surface area contributed by atoms with Crippen LogP contribution >= 0.6 is 11.6 Å². The number of ether oxygens (including phenoxy) is 1. The normalized spacial score (nSPS) is 11.6. The molecule has 0 saturated carbocycles. The summed E-state index contributed by atoms with van der Waals surface area (Å²) in [6, 6.07) is 7.83. The van der Waals surface area contributed by atoms with Gasteiger partial charge in [-0.3, -0.25) is 0 Å². The number of nitrogens with one attached hydrogen (secondary N) is 4. The Morgan fingerprint density at radius 2 is 1.55 bits per heavy atom. The van der Waals surface area contributed by atoms with E-state index < -0.39 is 0 Å². The van der Waals surface area contributed by atoms with Crippen molar-refractivity contribution < 1.29 is 14.9 Å². The molecular formula is C33H60ClN7O3. The van der Waals surface area contributed by atoms with E-state index in [1.165, 1.54) is 25.7 Å². The zero-order valence-corrected chi connectivity index (χ0v) is 28.2. The van der Waals surface area contributed by atoms with Gasteiger partial charge in [-0.25, -0.2) is 9.97 Å². The lowest BCUT2D eigenvalue weighted by atomic mass is 10.1. The Hall–Kier alpha value is -2.21. The first-order valence-electron chi connectivity index (χ1n) is 16.6. The first-order chi connectivity index (χ1) is 21.5. The van der Waals surface area contributed by atoms with Gasteiger partial charge in [0.25, 0.3) is 0 Å². The van der Waals surface area contributed by atoms with Crippen LogP contribution in [-0.2, 0) is 13.0 Å². The molecule has 0 radical (unpaired) electrons. The van der Waals surface area contributed by atoms with Crippen molar-refractivity contribution in [3.05, 3.63) is 40.8 Å². The minimum atomic E-state index is 0.181. The summed E-state index contributed by atoms with van der Waals surface area (Å²) in [4.78, 5) is 8.41. The maximum absolute atomic E-state index is 9.56. The molecule has 0 amide bonds. The van der Waals surface area contributed by atoms with E-state index in [1.807, 2.05) is 18.2 Å². The number of aliphatic hydroxyl groups excluding tert-OH is 1.